The molecule has 0 aromatic rings. The van der Waals surface area contributed by atoms with Gasteiger partial charge in [0.05, 0.1) is 0 Å². The van der Waals surface area contributed by atoms with E-state index in [4.69, 9.17) is 30.6 Å². The Labute approximate surface area is 73.4 Å². The quantitative estimate of drug-likeness (QED) is 0.236. The van der Waals surface area contributed by atoms with Crippen molar-refractivity contribution in [2.45, 2.75) is 37.0 Å². The van der Waals surface area contributed by atoms with Gasteiger partial charge in [-0.05, 0) is 0 Å². The Hall–Kier alpha value is -0.280. The van der Waals surface area contributed by atoms with Gasteiger partial charge in [0.15, 0.2) is 12.6 Å². The predicted octanol–water partition coefficient (Wildman–Crippen LogP) is -3.90. The Morgan fingerprint density at radius 1 is 0.846 bits per heavy atom. The third-order valence-corrected chi connectivity index (χ3v) is 1.92. The van der Waals surface area contributed by atoms with Crippen LogP contribution in [0.3, 0.4) is 0 Å². The van der Waals surface area contributed by atoms with Crippen molar-refractivity contribution in [1.82, 2.24) is 0 Å². The zero-order valence-electron chi connectivity index (χ0n) is 6.56. The minimum Gasteiger partial charge on any atom is -0.387 e. The van der Waals surface area contributed by atoms with Crippen LogP contribution in [0.5, 0.6) is 0 Å². The molecule has 1 rings (SSSR count). The predicted molar refractivity (Wildman–Crippen MR) is 37.1 cm³/mol. The fraction of sp³-hybridized carbons (Fsp3) is 1.00. The molecule has 1 aliphatic rings. The minimum absolute atomic E-state index is 1.53. The summed E-state index contributed by atoms with van der Waals surface area (Å²) < 4.78 is 4.44. The van der Waals surface area contributed by atoms with E-state index in [2.05, 4.69) is 4.74 Å². The van der Waals surface area contributed by atoms with Gasteiger partial charge in [-0.25, -0.2) is 0 Å². The molecule has 0 aromatic carbocycles. The van der Waals surface area contributed by atoms with Gasteiger partial charge in [0, 0.05) is 0 Å². The van der Waals surface area contributed by atoms with Crippen molar-refractivity contribution in [2.75, 3.05) is 0 Å². The van der Waals surface area contributed by atoms with E-state index in [1.807, 2.05) is 0 Å². The van der Waals surface area contributed by atoms with E-state index in [1.54, 1.807) is 0 Å². The summed E-state index contributed by atoms with van der Waals surface area (Å²) in [7, 11) is 0. The van der Waals surface area contributed by atoms with Crippen molar-refractivity contribution in [3.63, 3.8) is 0 Å². The molecule has 7 nitrogen and oxygen atoms in total. The van der Waals surface area contributed by atoms with Crippen molar-refractivity contribution in [3.8, 4) is 0 Å². The maximum Gasteiger partial charge on any atom is 0.184 e. The molecule has 13 heavy (non-hydrogen) atoms. The third-order valence-electron chi connectivity index (χ3n) is 1.92. The van der Waals surface area contributed by atoms with Gasteiger partial charge >= 0.3 is 0 Å². The Morgan fingerprint density at radius 3 is 1.85 bits per heavy atom. The molecule has 78 valence electrons. The first kappa shape index (κ1) is 10.8. The standard InChI is InChI=1S/C6H12O7/c7-1-2(8)4(5(10)11)13-6(12)3(1)9/h1-12H. The van der Waals surface area contributed by atoms with Crippen molar-refractivity contribution in [1.29, 1.82) is 0 Å². The molecule has 0 spiro atoms. The van der Waals surface area contributed by atoms with Crippen molar-refractivity contribution in [2.24, 2.45) is 0 Å². The first-order valence-electron chi connectivity index (χ1n) is 3.69. The van der Waals surface area contributed by atoms with Crippen LogP contribution in [0.2, 0.25) is 0 Å². The number of hydrogen-bond donors (Lipinski definition) is 6. The van der Waals surface area contributed by atoms with E-state index < -0.39 is 37.0 Å². The highest BCUT2D eigenvalue weighted by atomic mass is 16.7. The lowest BCUT2D eigenvalue weighted by Crippen LogP contribution is -2.60. The molecular weight excluding hydrogens is 184 g/mol. The fourth-order valence-corrected chi connectivity index (χ4v) is 1.13. The van der Waals surface area contributed by atoms with Gasteiger partial charge in [0.2, 0.25) is 0 Å². The smallest absolute Gasteiger partial charge is 0.184 e. The van der Waals surface area contributed by atoms with Crippen molar-refractivity contribution >= 4 is 0 Å². The number of aliphatic hydroxyl groups excluding tert-OH is 5. The first-order valence-corrected chi connectivity index (χ1v) is 3.69. The van der Waals surface area contributed by atoms with Crippen molar-refractivity contribution in [3.05, 3.63) is 0 Å². The third kappa shape index (κ3) is 1.97. The Balaban J connectivity index is 2.70. The van der Waals surface area contributed by atoms with Gasteiger partial charge < -0.3 is 35.4 Å². The summed E-state index contributed by atoms with van der Waals surface area (Å²) in [6.07, 6.45) is -10.3. The highest BCUT2D eigenvalue weighted by molar-refractivity contribution is 4.89. The molecule has 0 aromatic heterocycles. The number of aliphatic hydroxyl groups is 6. The second-order valence-electron chi connectivity index (χ2n) is 2.88. The molecule has 7 heteroatoms. The molecule has 1 fully saturated rings. The fourth-order valence-electron chi connectivity index (χ4n) is 1.13. The van der Waals surface area contributed by atoms with Crippen LogP contribution in [0.25, 0.3) is 0 Å². The lowest BCUT2D eigenvalue weighted by Gasteiger charge is -2.38. The van der Waals surface area contributed by atoms with E-state index >= 15 is 0 Å². The topological polar surface area (TPSA) is 131 Å². The molecule has 0 amide bonds. The molecule has 0 saturated carbocycles. The Bertz CT molecular complexity index is 172. The maximum atomic E-state index is 9.13. The van der Waals surface area contributed by atoms with E-state index in [1.165, 1.54) is 0 Å². The largest absolute Gasteiger partial charge is 0.387 e. The maximum absolute atomic E-state index is 9.13. The summed E-state index contributed by atoms with van der Waals surface area (Å²) in [5.74, 6) is 0. The summed E-state index contributed by atoms with van der Waals surface area (Å²) in [5, 5.41) is 53.4. The Morgan fingerprint density at radius 2 is 1.38 bits per heavy atom. The van der Waals surface area contributed by atoms with Crippen LogP contribution < -0.4 is 0 Å². The second-order valence-corrected chi connectivity index (χ2v) is 2.88. The summed E-state index contributed by atoms with van der Waals surface area (Å²) in [6, 6.07) is 0. The average molecular weight is 196 g/mol. The molecule has 1 aliphatic heterocycles. The van der Waals surface area contributed by atoms with E-state index in [9.17, 15) is 0 Å². The summed E-state index contributed by atoms with van der Waals surface area (Å²) in [4.78, 5) is 0. The van der Waals surface area contributed by atoms with Gasteiger partial charge in [0.25, 0.3) is 0 Å². The minimum atomic E-state index is -2.04. The van der Waals surface area contributed by atoms with E-state index in [-0.39, 0.29) is 0 Å². The molecule has 1 saturated heterocycles. The van der Waals surface area contributed by atoms with Crippen LogP contribution >= 0.6 is 0 Å². The lowest BCUT2D eigenvalue weighted by molar-refractivity contribution is -0.317. The number of rotatable bonds is 1. The Kier molecular flexibility index (Phi) is 3.19. The van der Waals surface area contributed by atoms with Crippen LogP contribution in [0.15, 0.2) is 0 Å². The highest BCUT2D eigenvalue weighted by Crippen LogP contribution is 2.21. The summed E-state index contributed by atoms with van der Waals surface area (Å²) in [5.41, 5.74) is 0. The SMILES string of the molecule is OC(O)C1OC(O)C(O)C(O)C1O. The highest BCUT2D eigenvalue weighted by Gasteiger charge is 2.45. The monoisotopic (exact) mass is 196 g/mol. The average Bonchev–Trinajstić information content (AvgIpc) is 2.07. The molecule has 5 unspecified atom stereocenters. The number of ether oxygens (including phenoxy) is 1. The second kappa shape index (κ2) is 3.84. The van der Waals surface area contributed by atoms with Gasteiger partial charge in [-0.1, -0.05) is 0 Å². The van der Waals surface area contributed by atoms with E-state index in [0.717, 1.165) is 0 Å². The molecule has 0 bridgehead atoms. The van der Waals surface area contributed by atoms with E-state index in [0.29, 0.717) is 0 Å². The van der Waals surface area contributed by atoms with Crippen LogP contribution in [0.4, 0.5) is 0 Å². The summed E-state index contributed by atoms with van der Waals surface area (Å²) >= 11 is 0. The molecule has 6 N–H and O–H groups in total. The van der Waals surface area contributed by atoms with Crippen LogP contribution in [-0.2, 0) is 4.74 Å². The van der Waals surface area contributed by atoms with Crippen LogP contribution in [0.1, 0.15) is 0 Å². The number of hydrogen-bond acceptors (Lipinski definition) is 7. The van der Waals surface area contributed by atoms with Gasteiger partial charge in [-0.15, -0.1) is 0 Å². The summed E-state index contributed by atoms with van der Waals surface area (Å²) in [6.45, 7) is 0. The molecule has 5 atom stereocenters. The molecular formula is C6H12O7. The molecule has 1 heterocycles. The zero-order valence-corrected chi connectivity index (χ0v) is 6.56. The van der Waals surface area contributed by atoms with Crippen molar-refractivity contribution < 1.29 is 35.4 Å². The molecule has 0 aliphatic carbocycles. The van der Waals surface area contributed by atoms with Crippen LogP contribution in [0, 0.1) is 0 Å². The van der Waals surface area contributed by atoms with Gasteiger partial charge in [-0.2, -0.15) is 0 Å². The molecule has 0 radical (unpaired) electrons. The lowest BCUT2D eigenvalue weighted by atomic mass is 9.99. The zero-order chi connectivity index (χ0) is 10.2. The van der Waals surface area contributed by atoms with Gasteiger partial charge in [0.1, 0.15) is 24.4 Å². The van der Waals surface area contributed by atoms with Gasteiger partial charge in [-0.3, -0.25) is 0 Å². The van der Waals surface area contributed by atoms with Crippen LogP contribution in [-0.4, -0.2) is 67.6 Å². The normalized spacial score (nSPS) is 46.8. The first-order chi connectivity index (χ1) is 5.95.